The lowest BCUT2D eigenvalue weighted by Gasteiger charge is -2.24. The number of carbonyl (C=O) groups excluding carboxylic acids is 1. The zero-order chi connectivity index (χ0) is 27.9. The summed E-state index contributed by atoms with van der Waals surface area (Å²) in [5, 5.41) is 16.6. The molecule has 13 heteroatoms. The molecule has 3 rings (SSSR count). The normalized spacial score (nSPS) is 13.3. The summed E-state index contributed by atoms with van der Waals surface area (Å²) in [6, 6.07) is 9.38. The highest BCUT2D eigenvalue weighted by Gasteiger charge is 2.25. The van der Waals surface area contributed by atoms with Crippen molar-refractivity contribution in [3.63, 3.8) is 0 Å². The van der Waals surface area contributed by atoms with Crippen LogP contribution in [-0.2, 0) is 23.0 Å². The average molecular weight is 662 g/mol. The lowest BCUT2D eigenvalue weighted by Crippen LogP contribution is -2.48. The number of amides is 1. The van der Waals surface area contributed by atoms with Crippen LogP contribution in [0, 0.1) is 21.1 Å². The number of hydrogen-bond acceptors (Lipinski definition) is 7. The van der Waals surface area contributed by atoms with Crippen LogP contribution in [0.2, 0.25) is 0 Å². The smallest absolute Gasteiger partial charge is 0.309 e. The standard InChI is InChI=1S/C25H29F2IN4O5S/c1-15(2)14-38(35,36)32-25-31-22(13-37-25)24(34)30-21(9-17-6-18(26)10-19(27)7-17)23(33)12-29-11-16-4-3-5-20(28)8-16/h3-8,10,13,15,21,23,29,33H,9,11-12,14H2,1-2H3,(H,30,34)(H,31,32)/t21-,23+/m0/s1. The van der Waals surface area contributed by atoms with Gasteiger partial charge in [-0.3, -0.25) is 4.79 Å². The van der Waals surface area contributed by atoms with Crippen LogP contribution in [0.15, 0.2) is 53.1 Å². The number of hydrogen-bond donors (Lipinski definition) is 4. The summed E-state index contributed by atoms with van der Waals surface area (Å²) in [4.78, 5) is 16.8. The van der Waals surface area contributed by atoms with Crippen molar-refractivity contribution in [2.45, 2.75) is 39.0 Å². The van der Waals surface area contributed by atoms with Crippen LogP contribution in [-0.4, -0.2) is 48.9 Å². The van der Waals surface area contributed by atoms with Gasteiger partial charge in [-0.15, -0.1) is 0 Å². The number of oxazole rings is 1. The summed E-state index contributed by atoms with van der Waals surface area (Å²) in [6.07, 6.45) is -0.259. The number of nitrogens with one attached hydrogen (secondary N) is 3. The number of carbonyl (C=O) groups is 1. The molecule has 1 aromatic heterocycles. The van der Waals surface area contributed by atoms with Gasteiger partial charge in [-0.2, -0.15) is 4.98 Å². The van der Waals surface area contributed by atoms with Crippen LogP contribution < -0.4 is 15.4 Å². The SMILES string of the molecule is CC(C)CS(=O)(=O)Nc1nc(C(=O)N[C@@H](Cc2cc(F)cc(F)c2)[C@H](O)CNCc2cccc(I)c2)co1. The minimum absolute atomic E-state index is 0.0628. The molecule has 2 aromatic carbocycles. The average Bonchev–Trinajstić information content (AvgIpc) is 3.25. The van der Waals surface area contributed by atoms with E-state index in [2.05, 4.69) is 42.9 Å². The number of halogens is 3. The first-order chi connectivity index (χ1) is 17.9. The molecular formula is C25H29F2IN4O5S. The summed E-state index contributed by atoms with van der Waals surface area (Å²) in [7, 11) is -3.73. The quantitative estimate of drug-likeness (QED) is 0.206. The maximum absolute atomic E-state index is 13.8. The Kier molecular flexibility index (Phi) is 10.6. The van der Waals surface area contributed by atoms with Gasteiger partial charge in [0, 0.05) is 22.7 Å². The molecule has 1 amide bonds. The van der Waals surface area contributed by atoms with E-state index in [9.17, 15) is 27.1 Å². The molecule has 0 aliphatic heterocycles. The van der Waals surface area contributed by atoms with Gasteiger partial charge < -0.3 is 20.2 Å². The number of aliphatic hydroxyl groups excluding tert-OH is 1. The highest BCUT2D eigenvalue weighted by Crippen LogP contribution is 2.15. The summed E-state index contributed by atoms with van der Waals surface area (Å²) in [5.41, 5.74) is 0.986. The second kappa shape index (κ2) is 13.4. The van der Waals surface area contributed by atoms with E-state index in [4.69, 9.17) is 4.42 Å². The molecule has 206 valence electrons. The number of sulfonamides is 1. The molecule has 2 atom stereocenters. The van der Waals surface area contributed by atoms with E-state index in [1.165, 1.54) is 0 Å². The van der Waals surface area contributed by atoms with E-state index in [1.54, 1.807) is 13.8 Å². The van der Waals surface area contributed by atoms with Crippen LogP contribution >= 0.6 is 22.6 Å². The maximum Gasteiger partial charge on any atom is 0.309 e. The number of aromatic nitrogens is 1. The molecular weight excluding hydrogens is 633 g/mol. The molecule has 0 spiro atoms. The molecule has 0 saturated heterocycles. The van der Waals surface area contributed by atoms with Gasteiger partial charge in [0.2, 0.25) is 10.0 Å². The lowest BCUT2D eigenvalue weighted by molar-refractivity contribution is 0.0825. The summed E-state index contributed by atoms with van der Waals surface area (Å²) >= 11 is 2.19. The van der Waals surface area contributed by atoms with Crippen molar-refractivity contribution in [3.8, 4) is 0 Å². The number of anilines is 1. The Balaban J connectivity index is 1.71. The van der Waals surface area contributed by atoms with E-state index < -0.39 is 39.7 Å². The van der Waals surface area contributed by atoms with Crippen LogP contribution in [0.5, 0.6) is 0 Å². The van der Waals surface area contributed by atoms with E-state index in [-0.39, 0.29) is 41.9 Å². The topological polar surface area (TPSA) is 134 Å². The van der Waals surface area contributed by atoms with Crippen molar-refractivity contribution < 1.29 is 31.5 Å². The third kappa shape index (κ3) is 9.60. The second-order valence-electron chi connectivity index (χ2n) is 9.21. The first-order valence-corrected chi connectivity index (χ1v) is 14.5. The Bertz CT molecular complexity index is 1330. The van der Waals surface area contributed by atoms with E-state index in [1.807, 2.05) is 24.3 Å². The molecule has 38 heavy (non-hydrogen) atoms. The predicted octanol–water partition coefficient (Wildman–Crippen LogP) is 3.45. The van der Waals surface area contributed by atoms with E-state index in [0.717, 1.165) is 33.6 Å². The van der Waals surface area contributed by atoms with Gasteiger partial charge in [-0.1, -0.05) is 26.0 Å². The summed E-state index contributed by atoms with van der Waals surface area (Å²) < 4.78 is 60.1. The van der Waals surface area contributed by atoms with Gasteiger partial charge in [-0.05, 0) is 70.3 Å². The van der Waals surface area contributed by atoms with Crippen molar-refractivity contribution in [2.24, 2.45) is 5.92 Å². The van der Waals surface area contributed by atoms with Gasteiger partial charge in [0.25, 0.3) is 5.91 Å². The molecule has 0 bridgehead atoms. The molecule has 0 fully saturated rings. The first kappa shape index (κ1) is 29.9. The predicted molar refractivity (Wildman–Crippen MR) is 147 cm³/mol. The third-order valence-corrected chi connectivity index (χ3v) is 7.53. The Morgan fingerprint density at radius 3 is 2.50 bits per heavy atom. The highest BCUT2D eigenvalue weighted by atomic mass is 127. The fourth-order valence-electron chi connectivity index (χ4n) is 3.70. The first-order valence-electron chi connectivity index (χ1n) is 11.8. The maximum atomic E-state index is 13.8. The van der Waals surface area contributed by atoms with Gasteiger partial charge in [0.05, 0.1) is 17.9 Å². The van der Waals surface area contributed by atoms with Gasteiger partial charge >= 0.3 is 6.01 Å². The Morgan fingerprint density at radius 1 is 1.13 bits per heavy atom. The Hall–Kier alpha value is -2.62. The van der Waals surface area contributed by atoms with Crippen molar-refractivity contribution in [2.75, 3.05) is 17.0 Å². The van der Waals surface area contributed by atoms with Crippen LogP contribution in [0.3, 0.4) is 0 Å². The van der Waals surface area contributed by atoms with E-state index >= 15 is 0 Å². The molecule has 0 radical (unpaired) electrons. The number of aliphatic hydroxyl groups is 1. The van der Waals surface area contributed by atoms with Gasteiger partial charge in [0.15, 0.2) is 5.69 Å². The van der Waals surface area contributed by atoms with E-state index in [0.29, 0.717) is 6.54 Å². The van der Waals surface area contributed by atoms with Crippen molar-refractivity contribution in [1.29, 1.82) is 0 Å². The zero-order valence-corrected chi connectivity index (χ0v) is 23.7. The number of benzene rings is 2. The minimum atomic E-state index is -3.73. The van der Waals surface area contributed by atoms with Crippen LogP contribution in [0.25, 0.3) is 0 Å². The summed E-state index contributed by atoms with van der Waals surface area (Å²) in [5.74, 6) is -2.64. The fraction of sp³-hybridized carbons (Fsp3) is 0.360. The molecule has 0 aliphatic carbocycles. The number of nitrogens with zero attached hydrogens (tertiary/aromatic N) is 1. The molecule has 0 saturated carbocycles. The minimum Gasteiger partial charge on any atom is -0.431 e. The molecule has 3 aromatic rings. The van der Waals surface area contributed by atoms with Crippen molar-refractivity contribution in [3.05, 3.63) is 80.8 Å². The Morgan fingerprint density at radius 2 is 1.84 bits per heavy atom. The molecule has 0 unspecified atom stereocenters. The monoisotopic (exact) mass is 662 g/mol. The molecule has 9 nitrogen and oxygen atoms in total. The van der Waals surface area contributed by atoms with Crippen LogP contribution in [0.1, 0.15) is 35.5 Å². The van der Waals surface area contributed by atoms with Gasteiger partial charge in [-0.25, -0.2) is 21.9 Å². The summed E-state index contributed by atoms with van der Waals surface area (Å²) in [6.45, 7) is 3.98. The molecule has 0 aliphatic rings. The fourth-order valence-corrected chi connectivity index (χ4v) is 5.63. The van der Waals surface area contributed by atoms with Crippen molar-refractivity contribution in [1.82, 2.24) is 15.6 Å². The Labute approximate surface area is 233 Å². The zero-order valence-electron chi connectivity index (χ0n) is 20.7. The third-order valence-electron chi connectivity index (χ3n) is 5.26. The largest absolute Gasteiger partial charge is 0.431 e. The molecule has 4 N–H and O–H groups in total. The molecule has 1 heterocycles. The number of rotatable bonds is 13. The van der Waals surface area contributed by atoms with Gasteiger partial charge in [0.1, 0.15) is 17.9 Å². The highest BCUT2D eigenvalue weighted by molar-refractivity contribution is 14.1. The van der Waals surface area contributed by atoms with Crippen molar-refractivity contribution >= 4 is 44.5 Å². The lowest BCUT2D eigenvalue weighted by atomic mass is 10.0. The second-order valence-corrected chi connectivity index (χ2v) is 12.2. The van der Waals surface area contributed by atoms with Crippen LogP contribution in [0.4, 0.5) is 14.8 Å².